The zero-order valence-electron chi connectivity index (χ0n) is 9.72. The number of carbonyl (C=O) groups excluding carboxylic acids is 1. The number of rotatable bonds is 2. The monoisotopic (exact) mass is 257 g/mol. The van der Waals surface area contributed by atoms with E-state index < -0.39 is 36.9 Å². The van der Waals surface area contributed by atoms with Crippen LogP contribution in [-0.2, 0) is 4.74 Å². The lowest BCUT2D eigenvalue weighted by molar-refractivity contribution is -0.107. The molecule has 0 spiro atoms. The molecule has 0 aliphatic carbocycles. The number of fused-ring (bicyclic) bond motifs is 1. The summed E-state index contributed by atoms with van der Waals surface area (Å²) in [6.07, 6.45) is -2.66. The van der Waals surface area contributed by atoms with Crippen molar-refractivity contribution in [3.63, 3.8) is 0 Å². The summed E-state index contributed by atoms with van der Waals surface area (Å²) in [5.74, 6) is -0.593. The Morgan fingerprint density at radius 1 is 1.39 bits per heavy atom. The molecule has 4 atom stereocenters. The highest BCUT2D eigenvalue weighted by Crippen LogP contribution is 2.34. The Bertz CT molecular complexity index is 456. The Morgan fingerprint density at radius 3 is 2.61 bits per heavy atom. The van der Waals surface area contributed by atoms with Crippen molar-refractivity contribution in [1.82, 2.24) is 4.57 Å². The average molecular weight is 257 g/mol. The van der Waals surface area contributed by atoms with Crippen molar-refractivity contribution >= 4 is 5.97 Å². The van der Waals surface area contributed by atoms with Gasteiger partial charge in [0, 0.05) is 6.20 Å². The van der Waals surface area contributed by atoms with Crippen LogP contribution >= 0.6 is 0 Å². The largest absolute Gasteiger partial charge is 0.465 e. The fraction of sp³-hybridized carbons (Fsp3) is 0.545. The number of aromatic nitrogens is 1. The smallest absolute Gasteiger partial charge is 0.339 e. The van der Waals surface area contributed by atoms with Crippen LogP contribution in [-0.4, -0.2) is 56.9 Å². The molecule has 2 heterocycles. The molecule has 1 aliphatic heterocycles. The number of carbonyl (C=O) groups is 1. The molecule has 1 aromatic rings. The third-order valence-corrected chi connectivity index (χ3v) is 3.22. The molecular weight excluding hydrogens is 242 g/mol. The number of hydrogen-bond donors (Lipinski definition) is 4. The van der Waals surface area contributed by atoms with Crippen molar-refractivity contribution in [2.24, 2.45) is 0 Å². The van der Waals surface area contributed by atoms with Gasteiger partial charge >= 0.3 is 5.97 Å². The van der Waals surface area contributed by atoms with Crippen molar-refractivity contribution in [2.45, 2.75) is 24.4 Å². The normalized spacial score (nSPS) is 30.9. The summed E-state index contributed by atoms with van der Waals surface area (Å²) in [5, 5.41) is 38.5. The van der Waals surface area contributed by atoms with E-state index in [1.165, 1.54) is 23.9 Å². The lowest BCUT2D eigenvalue weighted by Gasteiger charge is -2.36. The third kappa shape index (κ3) is 1.81. The van der Waals surface area contributed by atoms with Crippen LogP contribution in [0.4, 0.5) is 0 Å². The van der Waals surface area contributed by atoms with Crippen LogP contribution in [0.25, 0.3) is 0 Å². The maximum absolute atomic E-state index is 11.4. The van der Waals surface area contributed by atoms with Gasteiger partial charge in [-0.2, -0.15) is 0 Å². The Hall–Kier alpha value is -1.41. The molecule has 0 amide bonds. The van der Waals surface area contributed by atoms with Crippen LogP contribution in [0.2, 0.25) is 0 Å². The van der Waals surface area contributed by atoms with E-state index in [4.69, 9.17) is 0 Å². The average Bonchev–Trinajstić information content (AvgIpc) is 2.81. The second-order valence-electron chi connectivity index (χ2n) is 4.23. The molecule has 0 saturated heterocycles. The summed E-state index contributed by atoms with van der Waals surface area (Å²) in [5.41, 5.74) is 0.443. The number of aliphatic hydroxyl groups is 4. The standard InChI is InChI=1S/C11H15NO6/c1-18-11(17)5-2-6-8(14)10(16)9(15)7(4-13)12(6)3-5/h2-3,7-10,13-16H,4H2,1H3/t7-,8+,9-,10-/m1/s1. The molecule has 0 aromatic carbocycles. The van der Waals surface area contributed by atoms with Crippen LogP contribution in [0.15, 0.2) is 12.3 Å². The second kappa shape index (κ2) is 4.69. The maximum atomic E-state index is 11.4. The predicted octanol–water partition coefficient (Wildman–Crippen LogP) is -1.42. The number of methoxy groups -OCH3 is 1. The molecule has 7 heteroatoms. The van der Waals surface area contributed by atoms with E-state index >= 15 is 0 Å². The van der Waals surface area contributed by atoms with Crippen molar-refractivity contribution < 1.29 is 30.0 Å². The molecule has 2 rings (SSSR count). The van der Waals surface area contributed by atoms with Crippen LogP contribution in [0, 0.1) is 0 Å². The van der Waals surface area contributed by atoms with Crippen molar-refractivity contribution in [3.05, 3.63) is 23.5 Å². The van der Waals surface area contributed by atoms with Gasteiger partial charge in [0.1, 0.15) is 18.3 Å². The number of aliphatic hydroxyl groups excluding tert-OH is 4. The minimum absolute atomic E-state index is 0.186. The lowest BCUT2D eigenvalue weighted by Crippen LogP contribution is -2.45. The number of hydrogen-bond acceptors (Lipinski definition) is 6. The summed E-state index contributed by atoms with van der Waals surface area (Å²) in [7, 11) is 1.22. The van der Waals surface area contributed by atoms with E-state index in [0.29, 0.717) is 0 Å². The first-order chi connectivity index (χ1) is 8.51. The molecule has 0 unspecified atom stereocenters. The van der Waals surface area contributed by atoms with E-state index in [1.54, 1.807) is 0 Å². The zero-order chi connectivity index (χ0) is 13.4. The van der Waals surface area contributed by atoms with E-state index in [9.17, 15) is 25.2 Å². The maximum Gasteiger partial charge on any atom is 0.339 e. The highest BCUT2D eigenvalue weighted by molar-refractivity contribution is 5.89. The Kier molecular flexibility index (Phi) is 3.40. The van der Waals surface area contributed by atoms with E-state index in [-0.39, 0.29) is 11.3 Å². The molecule has 0 fully saturated rings. The summed E-state index contributed by atoms with van der Waals surface area (Å²) in [4.78, 5) is 11.4. The Labute approximate surface area is 103 Å². The fourth-order valence-corrected chi connectivity index (χ4v) is 2.20. The zero-order valence-corrected chi connectivity index (χ0v) is 9.72. The molecule has 0 bridgehead atoms. The Balaban J connectivity index is 2.48. The SMILES string of the molecule is COC(=O)c1cc2n(c1)[C@H](CO)[C@@H](O)[C@H](O)[C@H]2O. The van der Waals surface area contributed by atoms with Gasteiger partial charge in [0.05, 0.1) is 31.0 Å². The molecule has 18 heavy (non-hydrogen) atoms. The molecule has 0 radical (unpaired) electrons. The van der Waals surface area contributed by atoms with Crippen molar-refractivity contribution in [2.75, 3.05) is 13.7 Å². The lowest BCUT2D eigenvalue weighted by atomic mass is 9.94. The van der Waals surface area contributed by atoms with Gasteiger partial charge < -0.3 is 29.7 Å². The quantitative estimate of drug-likeness (QED) is 0.484. The first kappa shape index (κ1) is 13.0. The summed E-state index contributed by atoms with van der Waals surface area (Å²) < 4.78 is 5.93. The van der Waals surface area contributed by atoms with Crippen LogP contribution in [0.1, 0.15) is 28.2 Å². The first-order valence-corrected chi connectivity index (χ1v) is 5.46. The van der Waals surface area contributed by atoms with Gasteiger partial charge in [0.25, 0.3) is 0 Å². The van der Waals surface area contributed by atoms with Crippen molar-refractivity contribution in [1.29, 1.82) is 0 Å². The topological polar surface area (TPSA) is 112 Å². The van der Waals surface area contributed by atoms with Gasteiger partial charge in [0.2, 0.25) is 0 Å². The first-order valence-electron chi connectivity index (χ1n) is 5.46. The number of ether oxygens (including phenoxy) is 1. The van der Waals surface area contributed by atoms with Crippen molar-refractivity contribution in [3.8, 4) is 0 Å². The molecule has 1 aromatic heterocycles. The van der Waals surface area contributed by atoms with Crippen LogP contribution < -0.4 is 0 Å². The van der Waals surface area contributed by atoms with E-state index in [2.05, 4.69) is 4.74 Å². The molecular formula is C11H15NO6. The van der Waals surface area contributed by atoms with Crippen LogP contribution in [0.5, 0.6) is 0 Å². The van der Waals surface area contributed by atoms with Gasteiger partial charge in [-0.3, -0.25) is 0 Å². The molecule has 1 aliphatic rings. The van der Waals surface area contributed by atoms with Gasteiger partial charge in [-0.05, 0) is 6.07 Å². The minimum Gasteiger partial charge on any atom is -0.465 e. The summed E-state index contributed by atoms with van der Waals surface area (Å²) in [6.45, 7) is -0.423. The van der Waals surface area contributed by atoms with Crippen LogP contribution in [0.3, 0.4) is 0 Å². The third-order valence-electron chi connectivity index (χ3n) is 3.22. The molecule has 100 valence electrons. The minimum atomic E-state index is -1.41. The van der Waals surface area contributed by atoms with E-state index in [1.807, 2.05) is 0 Å². The number of nitrogens with zero attached hydrogens (tertiary/aromatic N) is 1. The van der Waals surface area contributed by atoms with E-state index in [0.717, 1.165) is 0 Å². The number of esters is 1. The fourth-order valence-electron chi connectivity index (χ4n) is 2.20. The summed E-state index contributed by atoms with van der Waals surface area (Å²) in [6, 6.07) is 0.561. The predicted molar refractivity (Wildman–Crippen MR) is 58.9 cm³/mol. The molecule has 7 nitrogen and oxygen atoms in total. The highest BCUT2D eigenvalue weighted by Gasteiger charge is 2.40. The highest BCUT2D eigenvalue weighted by atomic mass is 16.5. The Morgan fingerprint density at radius 2 is 2.06 bits per heavy atom. The molecule has 0 saturated carbocycles. The van der Waals surface area contributed by atoms with Gasteiger partial charge in [0.15, 0.2) is 0 Å². The molecule has 4 N–H and O–H groups in total. The van der Waals surface area contributed by atoms with Gasteiger partial charge in [-0.25, -0.2) is 4.79 Å². The second-order valence-corrected chi connectivity index (χ2v) is 4.23. The summed E-state index contributed by atoms with van der Waals surface area (Å²) >= 11 is 0. The van der Waals surface area contributed by atoms with Gasteiger partial charge in [-0.1, -0.05) is 0 Å². The van der Waals surface area contributed by atoms with Gasteiger partial charge in [-0.15, -0.1) is 0 Å².